The number of carbonyl (C=O) groups excluding carboxylic acids is 1. The van der Waals surface area contributed by atoms with Crippen LogP contribution in [0.3, 0.4) is 0 Å². The summed E-state index contributed by atoms with van der Waals surface area (Å²) in [4.78, 5) is 21.5. The van der Waals surface area contributed by atoms with Crippen molar-refractivity contribution in [2.24, 2.45) is 5.14 Å². The molecule has 0 atom stereocenters. The van der Waals surface area contributed by atoms with Crippen LogP contribution < -0.4 is 15.4 Å². The monoisotopic (exact) mass is 347 g/mol. The van der Waals surface area contributed by atoms with Crippen LogP contribution in [0.1, 0.15) is 19.3 Å². The average molecular weight is 347 g/mol. The molecule has 0 saturated carbocycles. The van der Waals surface area contributed by atoms with Crippen molar-refractivity contribution < 1.29 is 13.2 Å². The number of rotatable bonds is 4. The van der Waals surface area contributed by atoms with E-state index in [9.17, 15) is 13.2 Å². The largest absolute Gasteiger partial charge is 0.324 e. The number of nitrogens with two attached hydrogens (primary N) is 1. The standard InChI is InChI=1S/C15H17N5O3S/c16-24(22,23)13-9-17-15(18-10-13)19-11-4-3-5-12(8-11)20-7-2-1-6-14(20)21/h3-5,8-10H,1-2,6-7H2,(H2,16,22,23)(H,17,18,19). The molecule has 3 rings (SSSR count). The van der Waals surface area contributed by atoms with Gasteiger partial charge < -0.3 is 10.2 Å². The average Bonchev–Trinajstić information content (AvgIpc) is 2.55. The molecule has 0 aliphatic carbocycles. The molecule has 1 saturated heterocycles. The molecule has 24 heavy (non-hydrogen) atoms. The highest BCUT2D eigenvalue weighted by atomic mass is 32.2. The molecule has 1 aliphatic heterocycles. The summed E-state index contributed by atoms with van der Waals surface area (Å²) in [5, 5.41) is 7.99. The molecule has 0 bridgehead atoms. The van der Waals surface area contributed by atoms with Crippen LogP contribution in [0.5, 0.6) is 0 Å². The maximum Gasteiger partial charge on any atom is 0.241 e. The molecule has 1 aromatic heterocycles. The van der Waals surface area contributed by atoms with Crippen LogP contribution in [0.4, 0.5) is 17.3 Å². The van der Waals surface area contributed by atoms with Crippen molar-refractivity contribution in [2.75, 3.05) is 16.8 Å². The lowest BCUT2D eigenvalue weighted by Crippen LogP contribution is -2.35. The molecule has 0 unspecified atom stereocenters. The van der Waals surface area contributed by atoms with E-state index in [1.54, 1.807) is 4.90 Å². The number of anilines is 3. The number of hydrogen-bond donors (Lipinski definition) is 2. The van der Waals surface area contributed by atoms with E-state index >= 15 is 0 Å². The van der Waals surface area contributed by atoms with Gasteiger partial charge in [0.2, 0.25) is 21.9 Å². The van der Waals surface area contributed by atoms with Gasteiger partial charge in [0.15, 0.2) is 0 Å². The summed E-state index contributed by atoms with van der Waals surface area (Å²) in [6.45, 7) is 0.710. The Bertz CT molecular complexity index is 852. The first-order valence-corrected chi connectivity index (χ1v) is 9.00. The van der Waals surface area contributed by atoms with E-state index in [1.165, 1.54) is 0 Å². The van der Waals surface area contributed by atoms with E-state index in [-0.39, 0.29) is 16.8 Å². The van der Waals surface area contributed by atoms with Gasteiger partial charge in [-0.15, -0.1) is 0 Å². The van der Waals surface area contributed by atoms with Crippen LogP contribution in [0.2, 0.25) is 0 Å². The molecule has 9 heteroatoms. The van der Waals surface area contributed by atoms with Crippen LogP contribution in [-0.2, 0) is 14.8 Å². The fourth-order valence-corrected chi connectivity index (χ4v) is 2.89. The fourth-order valence-electron chi connectivity index (χ4n) is 2.49. The van der Waals surface area contributed by atoms with Crippen LogP contribution >= 0.6 is 0 Å². The van der Waals surface area contributed by atoms with Gasteiger partial charge in [-0.3, -0.25) is 4.79 Å². The van der Waals surface area contributed by atoms with Gasteiger partial charge in [0, 0.05) is 24.3 Å². The first kappa shape index (κ1) is 16.3. The highest BCUT2D eigenvalue weighted by Gasteiger charge is 2.19. The van der Waals surface area contributed by atoms with Gasteiger partial charge in [0.05, 0.1) is 12.4 Å². The molecule has 2 heterocycles. The summed E-state index contributed by atoms with van der Waals surface area (Å²) in [5.74, 6) is 0.358. The van der Waals surface area contributed by atoms with Gasteiger partial charge in [0.1, 0.15) is 4.90 Å². The number of sulfonamides is 1. The molecule has 126 valence electrons. The van der Waals surface area contributed by atoms with E-state index in [0.29, 0.717) is 18.7 Å². The predicted octanol–water partition coefficient (Wildman–Crippen LogP) is 1.38. The Morgan fingerprint density at radius 1 is 1.17 bits per heavy atom. The van der Waals surface area contributed by atoms with Gasteiger partial charge in [0.25, 0.3) is 0 Å². The highest BCUT2D eigenvalue weighted by Crippen LogP contribution is 2.25. The van der Waals surface area contributed by atoms with E-state index in [0.717, 1.165) is 30.9 Å². The molecule has 1 amide bonds. The number of aromatic nitrogens is 2. The molecule has 1 aromatic carbocycles. The summed E-state index contributed by atoms with van der Waals surface area (Å²) in [6, 6.07) is 7.35. The van der Waals surface area contributed by atoms with Gasteiger partial charge in [-0.25, -0.2) is 23.5 Å². The SMILES string of the molecule is NS(=O)(=O)c1cnc(Nc2cccc(N3CCCCC3=O)c2)nc1. The first-order chi connectivity index (χ1) is 11.4. The molecule has 1 aliphatic rings. The van der Waals surface area contributed by atoms with Gasteiger partial charge in [-0.2, -0.15) is 0 Å². The van der Waals surface area contributed by atoms with Crippen molar-refractivity contribution in [1.29, 1.82) is 0 Å². The molecule has 2 aromatic rings. The summed E-state index contributed by atoms with van der Waals surface area (Å²) in [7, 11) is -3.82. The second-order valence-corrected chi connectivity index (χ2v) is 7.03. The van der Waals surface area contributed by atoms with E-state index < -0.39 is 10.0 Å². The number of piperidine rings is 1. The fraction of sp³-hybridized carbons (Fsp3) is 0.267. The quantitative estimate of drug-likeness (QED) is 0.862. The number of nitrogens with one attached hydrogen (secondary N) is 1. The van der Waals surface area contributed by atoms with Gasteiger partial charge in [-0.05, 0) is 31.0 Å². The summed E-state index contributed by atoms with van der Waals surface area (Å²) >= 11 is 0. The van der Waals surface area contributed by atoms with Crippen LogP contribution in [0.15, 0.2) is 41.6 Å². The van der Waals surface area contributed by atoms with Crippen molar-refractivity contribution in [1.82, 2.24) is 9.97 Å². The zero-order chi connectivity index (χ0) is 17.2. The summed E-state index contributed by atoms with van der Waals surface area (Å²) in [6.07, 6.45) is 4.76. The molecular weight excluding hydrogens is 330 g/mol. The normalized spacial score (nSPS) is 15.4. The van der Waals surface area contributed by atoms with E-state index in [2.05, 4.69) is 15.3 Å². The molecular formula is C15H17N5O3S. The minimum atomic E-state index is -3.82. The Labute approximate surface area is 139 Å². The summed E-state index contributed by atoms with van der Waals surface area (Å²) < 4.78 is 22.4. The third-order valence-corrected chi connectivity index (χ3v) is 4.56. The molecule has 3 N–H and O–H groups in total. The van der Waals surface area contributed by atoms with Crippen molar-refractivity contribution in [3.63, 3.8) is 0 Å². The third-order valence-electron chi connectivity index (χ3n) is 3.69. The molecule has 0 spiro atoms. The lowest BCUT2D eigenvalue weighted by Gasteiger charge is -2.27. The van der Waals surface area contributed by atoms with Gasteiger partial charge >= 0.3 is 0 Å². The zero-order valence-electron chi connectivity index (χ0n) is 12.8. The van der Waals surface area contributed by atoms with Gasteiger partial charge in [-0.1, -0.05) is 6.07 Å². The maximum atomic E-state index is 12.0. The summed E-state index contributed by atoms with van der Waals surface area (Å²) in [5.41, 5.74) is 1.51. The number of amides is 1. The van der Waals surface area contributed by atoms with Crippen molar-refractivity contribution in [3.05, 3.63) is 36.7 Å². The van der Waals surface area contributed by atoms with Crippen LogP contribution in [0, 0.1) is 0 Å². The Balaban J connectivity index is 1.78. The lowest BCUT2D eigenvalue weighted by atomic mass is 10.1. The van der Waals surface area contributed by atoms with Crippen molar-refractivity contribution >= 4 is 33.3 Å². The smallest absolute Gasteiger partial charge is 0.241 e. The van der Waals surface area contributed by atoms with E-state index in [1.807, 2.05) is 24.3 Å². The number of carbonyl (C=O) groups is 1. The van der Waals surface area contributed by atoms with Crippen molar-refractivity contribution in [2.45, 2.75) is 24.2 Å². The number of hydrogen-bond acceptors (Lipinski definition) is 6. The predicted molar refractivity (Wildman–Crippen MR) is 89.3 cm³/mol. The topological polar surface area (TPSA) is 118 Å². The molecule has 8 nitrogen and oxygen atoms in total. The molecule has 0 radical (unpaired) electrons. The minimum Gasteiger partial charge on any atom is -0.324 e. The van der Waals surface area contributed by atoms with Crippen LogP contribution in [-0.4, -0.2) is 30.8 Å². The molecule has 1 fully saturated rings. The second kappa shape index (κ2) is 6.54. The number of nitrogens with zero attached hydrogens (tertiary/aromatic N) is 3. The Morgan fingerprint density at radius 3 is 2.58 bits per heavy atom. The Hall–Kier alpha value is -2.52. The number of benzene rings is 1. The first-order valence-electron chi connectivity index (χ1n) is 7.46. The second-order valence-electron chi connectivity index (χ2n) is 5.47. The van der Waals surface area contributed by atoms with E-state index in [4.69, 9.17) is 5.14 Å². The zero-order valence-corrected chi connectivity index (χ0v) is 13.7. The Morgan fingerprint density at radius 2 is 1.92 bits per heavy atom. The lowest BCUT2D eigenvalue weighted by molar-refractivity contribution is -0.119. The highest BCUT2D eigenvalue weighted by molar-refractivity contribution is 7.89. The third kappa shape index (κ3) is 3.69. The maximum absolute atomic E-state index is 12.0. The van der Waals surface area contributed by atoms with Crippen LogP contribution in [0.25, 0.3) is 0 Å². The minimum absolute atomic E-state index is 0.118. The van der Waals surface area contributed by atoms with Crippen molar-refractivity contribution in [3.8, 4) is 0 Å². The number of primary sulfonamides is 1. The Kier molecular flexibility index (Phi) is 4.45.